The van der Waals surface area contributed by atoms with Crippen LogP contribution in [0.5, 0.6) is 5.75 Å². The van der Waals surface area contributed by atoms with Crippen molar-refractivity contribution in [2.75, 3.05) is 7.11 Å². The van der Waals surface area contributed by atoms with E-state index in [-0.39, 0.29) is 6.04 Å². The van der Waals surface area contributed by atoms with Crippen LogP contribution >= 0.6 is 27.3 Å². The Labute approximate surface area is 118 Å². The second-order valence-corrected chi connectivity index (χ2v) is 5.67. The SMILES string of the molecule is CCC(N)c1nnc(-c2cc(OC)ccc2Br)s1. The number of ether oxygens (including phenoxy) is 1. The van der Waals surface area contributed by atoms with Gasteiger partial charge in [0.2, 0.25) is 0 Å². The Hall–Kier alpha value is -0.980. The van der Waals surface area contributed by atoms with E-state index in [1.807, 2.05) is 25.1 Å². The van der Waals surface area contributed by atoms with Crippen LogP contribution in [0, 0.1) is 0 Å². The van der Waals surface area contributed by atoms with Gasteiger partial charge in [0.05, 0.1) is 13.2 Å². The fourth-order valence-electron chi connectivity index (χ4n) is 1.46. The summed E-state index contributed by atoms with van der Waals surface area (Å²) in [6, 6.07) is 5.73. The van der Waals surface area contributed by atoms with Crippen molar-refractivity contribution in [1.82, 2.24) is 10.2 Å². The van der Waals surface area contributed by atoms with Crippen LogP contribution < -0.4 is 10.5 Å². The van der Waals surface area contributed by atoms with E-state index in [1.165, 1.54) is 11.3 Å². The number of halogens is 1. The van der Waals surface area contributed by atoms with Crippen molar-refractivity contribution in [2.45, 2.75) is 19.4 Å². The Morgan fingerprint density at radius 2 is 2.22 bits per heavy atom. The highest BCUT2D eigenvalue weighted by atomic mass is 79.9. The van der Waals surface area contributed by atoms with Crippen molar-refractivity contribution in [3.8, 4) is 16.3 Å². The molecule has 0 spiro atoms. The summed E-state index contributed by atoms with van der Waals surface area (Å²) >= 11 is 5.03. The largest absolute Gasteiger partial charge is 0.497 e. The summed E-state index contributed by atoms with van der Waals surface area (Å²) < 4.78 is 6.19. The number of nitrogens with zero attached hydrogens (tertiary/aromatic N) is 2. The lowest BCUT2D eigenvalue weighted by molar-refractivity contribution is 0.415. The molecule has 1 heterocycles. The molecule has 0 saturated carbocycles. The molecule has 0 amide bonds. The lowest BCUT2D eigenvalue weighted by Crippen LogP contribution is -2.07. The molecule has 0 aliphatic carbocycles. The van der Waals surface area contributed by atoms with Crippen LogP contribution in [-0.2, 0) is 0 Å². The van der Waals surface area contributed by atoms with E-state index in [4.69, 9.17) is 10.5 Å². The smallest absolute Gasteiger partial charge is 0.149 e. The summed E-state index contributed by atoms with van der Waals surface area (Å²) in [4.78, 5) is 0. The Kier molecular flexibility index (Phi) is 4.31. The summed E-state index contributed by atoms with van der Waals surface area (Å²) in [5.74, 6) is 0.796. The highest BCUT2D eigenvalue weighted by Crippen LogP contribution is 2.34. The molecular formula is C12H14BrN3OS. The van der Waals surface area contributed by atoms with Crippen LogP contribution in [0.15, 0.2) is 22.7 Å². The molecule has 4 nitrogen and oxygen atoms in total. The van der Waals surface area contributed by atoms with Crippen LogP contribution in [0.25, 0.3) is 10.6 Å². The third-order valence-electron chi connectivity index (χ3n) is 2.60. The van der Waals surface area contributed by atoms with Crippen molar-refractivity contribution < 1.29 is 4.74 Å². The van der Waals surface area contributed by atoms with Gasteiger partial charge >= 0.3 is 0 Å². The average molecular weight is 328 g/mol. The Morgan fingerprint density at radius 3 is 2.89 bits per heavy atom. The van der Waals surface area contributed by atoms with Gasteiger partial charge in [0.1, 0.15) is 15.8 Å². The van der Waals surface area contributed by atoms with E-state index in [2.05, 4.69) is 26.1 Å². The van der Waals surface area contributed by atoms with Gasteiger partial charge in [0, 0.05) is 10.0 Å². The van der Waals surface area contributed by atoms with Gasteiger partial charge in [-0.15, -0.1) is 10.2 Å². The average Bonchev–Trinajstić information content (AvgIpc) is 2.88. The van der Waals surface area contributed by atoms with Crippen molar-refractivity contribution in [2.24, 2.45) is 5.73 Å². The second kappa shape index (κ2) is 5.77. The van der Waals surface area contributed by atoms with Crippen LogP contribution in [0.3, 0.4) is 0 Å². The molecule has 0 fully saturated rings. The van der Waals surface area contributed by atoms with Crippen molar-refractivity contribution in [3.05, 3.63) is 27.7 Å². The molecule has 1 aromatic heterocycles. The summed E-state index contributed by atoms with van der Waals surface area (Å²) in [5.41, 5.74) is 6.92. The molecule has 0 radical (unpaired) electrons. The van der Waals surface area contributed by atoms with Gasteiger partial charge in [0.25, 0.3) is 0 Å². The van der Waals surface area contributed by atoms with E-state index in [1.54, 1.807) is 7.11 Å². The number of methoxy groups -OCH3 is 1. The minimum Gasteiger partial charge on any atom is -0.497 e. The highest BCUT2D eigenvalue weighted by molar-refractivity contribution is 9.10. The minimum atomic E-state index is -0.0411. The van der Waals surface area contributed by atoms with Crippen LogP contribution in [0.2, 0.25) is 0 Å². The van der Waals surface area contributed by atoms with Gasteiger partial charge in [-0.3, -0.25) is 0 Å². The zero-order chi connectivity index (χ0) is 13.1. The molecule has 0 saturated heterocycles. The molecule has 1 aromatic carbocycles. The highest BCUT2D eigenvalue weighted by Gasteiger charge is 2.14. The molecule has 0 bridgehead atoms. The quantitative estimate of drug-likeness (QED) is 0.935. The first kappa shape index (κ1) is 13.5. The van der Waals surface area contributed by atoms with E-state index in [0.717, 1.165) is 32.2 Å². The number of rotatable bonds is 4. The summed E-state index contributed by atoms with van der Waals surface area (Å²) in [7, 11) is 1.64. The second-order valence-electron chi connectivity index (χ2n) is 3.81. The predicted octanol–water partition coefficient (Wildman–Crippen LogP) is 3.39. The molecule has 96 valence electrons. The first-order chi connectivity index (χ1) is 8.65. The number of hydrogen-bond acceptors (Lipinski definition) is 5. The minimum absolute atomic E-state index is 0.0411. The Balaban J connectivity index is 2.39. The molecule has 18 heavy (non-hydrogen) atoms. The first-order valence-corrected chi connectivity index (χ1v) is 7.19. The van der Waals surface area contributed by atoms with Crippen LogP contribution in [-0.4, -0.2) is 17.3 Å². The van der Waals surface area contributed by atoms with Gasteiger partial charge < -0.3 is 10.5 Å². The third kappa shape index (κ3) is 2.71. The molecule has 2 aromatic rings. The maximum Gasteiger partial charge on any atom is 0.149 e. The predicted molar refractivity (Wildman–Crippen MR) is 76.8 cm³/mol. The fourth-order valence-corrected chi connectivity index (χ4v) is 2.99. The van der Waals surface area contributed by atoms with Gasteiger partial charge in [-0.05, 0) is 24.6 Å². The molecule has 1 unspecified atom stereocenters. The summed E-state index contributed by atoms with van der Waals surface area (Å²) in [5, 5.41) is 10.0. The van der Waals surface area contributed by atoms with Crippen molar-refractivity contribution >= 4 is 27.3 Å². The number of benzene rings is 1. The maximum absolute atomic E-state index is 5.95. The van der Waals surface area contributed by atoms with E-state index in [9.17, 15) is 0 Å². The van der Waals surface area contributed by atoms with Gasteiger partial charge in [-0.25, -0.2) is 0 Å². The third-order valence-corrected chi connectivity index (χ3v) is 4.38. The number of hydrogen-bond donors (Lipinski definition) is 1. The zero-order valence-electron chi connectivity index (χ0n) is 10.2. The monoisotopic (exact) mass is 327 g/mol. The zero-order valence-corrected chi connectivity index (χ0v) is 12.6. The van der Waals surface area contributed by atoms with E-state index < -0.39 is 0 Å². The van der Waals surface area contributed by atoms with E-state index >= 15 is 0 Å². The van der Waals surface area contributed by atoms with Crippen molar-refractivity contribution in [1.29, 1.82) is 0 Å². The normalized spacial score (nSPS) is 12.4. The molecule has 6 heteroatoms. The molecule has 0 aliphatic heterocycles. The van der Waals surface area contributed by atoms with Gasteiger partial charge in [0.15, 0.2) is 0 Å². The Bertz CT molecular complexity index is 544. The molecule has 0 aliphatic rings. The fraction of sp³-hybridized carbons (Fsp3) is 0.333. The van der Waals surface area contributed by atoms with Gasteiger partial charge in [-0.1, -0.05) is 34.2 Å². The lowest BCUT2D eigenvalue weighted by Gasteiger charge is -2.04. The molecule has 2 rings (SSSR count). The van der Waals surface area contributed by atoms with Crippen molar-refractivity contribution in [3.63, 3.8) is 0 Å². The molecule has 2 N–H and O–H groups in total. The topological polar surface area (TPSA) is 61.0 Å². The summed E-state index contributed by atoms with van der Waals surface area (Å²) in [6.45, 7) is 2.03. The molecule has 1 atom stereocenters. The van der Waals surface area contributed by atoms with Crippen LogP contribution in [0.1, 0.15) is 24.4 Å². The van der Waals surface area contributed by atoms with Crippen LogP contribution in [0.4, 0.5) is 0 Å². The molecular weight excluding hydrogens is 314 g/mol. The number of nitrogens with two attached hydrogens (primary N) is 1. The van der Waals surface area contributed by atoms with Gasteiger partial charge in [-0.2, -0.15) is 0 Å². The first-order valence-electron chi connectivity index (χ1n) is 5.58. The maximum atomic E-state index is 5.95. The summed E-state index contributed by atoms with van der Waals surface area (Å²) in [6.07, 6.45) is 0.855. The lowest BCUT2D eigenvalue weighted by atomic mass is 10.2. The Morgan fingerprint density at radius 1 is 1.44 bits per heavy atom. The number of aromatic nitrogens is 2. The van der Waals surface area contributed by atoms with E-state index in [0.29, 0.717) is 0 Å². The standard InChI is InChI=1S/C12H14BrN3OS/c1-3-10(14)12-16-15-11(18-12)8-6-7(17-2)4-5-9(8)13/h4-6,10H,3,14H2,1-2H3.